The van der Waals surface area contributed by atoms with Crippen LogP contribution < -0.4 is 24.4 Å². The van der Waals surface area contributed by atoms with Crippen LogP contribution in [-0.2, 0) is 0 Å². The molecular formula is C19H22N2O5. The average molecular weight is 358 g/mol. The molecule has 26 heavy (non-hydrogen) atoms. The average Bonchev–Trinajstić information content (AvgIpc) is 2.68. The van der Waals surface area contributed by atoms with E-state index in [1.54, 1.807) is 37.4 Å². The molecule has 2 aromatic carbocycles. The van der Waals surface area contributed by atoms with Gasteiger partial charge in [-0.25, -0.2) is 5.43 Å². The molecule has 0 aliphatic rings. The van der Waals surface area contributed by atoms with E-state index in [9.17, 15) is 4.79 Å². The van der Waals surface area contributed by atoms with Crippen molar-refractivity contribution in [2.24, 2.45) is 5.10 Å². The van der Waals surface area contributed by atoms with Gasteiger partial charge in [0.2, 0.25) is 0 Å². The van der Waals surface area contributed by atoms with Crippen molar-refractivity contribution in [2.45, 2.75) is 6.92 Å². The Kier molecular flexibility index (Phi) is 6.84. The third kappa shape index (κ3) is 4.66. The summed E-state index contributed by atoms with van der Waals surface area (Å²) in [5, 5.41) is 3.97. The zero-order valence-electron chi connectivity index (χ0n) is 15.2. The molecule has 7 nitrogen and oxygen atoms in total. The molecule has 0 spiro atoms. The molecule has 1 amide bonds. The lowest BCUT2D eigenvalue weighted by molar-refractivity contribution is 0.0954. The van der Waals surface area contributed by atoms with Gasteiger partial charge < -0.3 is 18.9 Å². The van der Waals surface area contributed by atoms with Gasteiger partial charge in [-0.1, -0.05) is 0 Å². The van der Waals surface area contributed by atoms with Gasteiger partial charge in [0.05, 0.1) is 34.2 Å². The summed E-state index contributed by atoms with van der Waals surface area (Å²) in [5.41, 5.74) is 3.64. The second-order valence-electron chi connectivity index (χ2n) is 5.11. The quantitative estimate of drug-likeness (QED) is 0.580. The van der Waals surface area contributed by atoms with Crippen LogP contribution in [0.4, 0.5) is 0 Å². The van der Waals surface area contributed by atoms with E-state index in [2.05, 4.69) is 10.5 Å². The van der Waals surface area contributed by atoms with Crippen LogP contribution >= 0.6 is 0 Å². The molecule has 0 aliphatic carbocycles. The smallest absolute Gasteiger partial charge is 0.271 e. The number of carbonyl (C=O) groups excluding carboxylic acids is 1. The second kappa shape index (κ2) is 9.31. The van der Waals surface area contributed by atoms with Crippen molar-refractivity contribution in [1.29, 1.82) is 0 Å². The largest absolute Gasteiger partial charge is 0.493 e. The van der Waals surface area contributed by atoms with Crippen LogP contribution in [0.5, 0.6) is 23.0 Å². The topological polar surface area (TPSA) is 78.4 Å². The number of amides is 1. The van der Waals surface area contributed by atoms with Crippen LogP contribution in [0, 0.1) is 0 Å². The molecule has 0 unspecified atom stereocenters. The van der Waals surface area contributed by atoms with Gasteiger partial charge in [0.25, 0.3) is 5.91 Å². The molecule has 0 fully saturated rings. The van der Waals surface area contributed by atoms with E-state index < -0.39 is 0 Å². The Morgan fingerprint density at radius 3 is 2.27 bits per heavy atom. The zero-order chi connectivity index (χ0) is 18.9. The maximum Gasteiger partial charge on any atom is 0.271 e. The number of ether oxygens (including phenoxy) is 4. The minimum Gasteiger partial charge on any atom is -0.493 e. The van der Waals surface area contributed by atoms with Gasteiger partial charge in [-0.15, -0.1) is 0 Å². The Morgan fingerprint density at radius 1 is 0.962 bits per heavy atom. The highest BCUT2D eigenvalue weighted by atomic mass is 16.5. The van der Waals surface area contributed by atoms with Crippen molar-refractivity contribution < 1.29 is 23.7 Å². The minimum atomic E-state index is -0.361. The molecule has 0 aromatic heterocycles. The first-order valence-corrected chi connectivity index (χ1v) is 7.99. The van der Waals surface area contributed by atoms with Crippen molar-refractivity contribution in [1.82, 2.24) is 5.43 Å². The molecule has 1 N–H and O–H groups in total. The fourth-order valence-electron chi connectivity index (χ4n) is 2.25. The predicted octanol–water partition coefficient (Wildman–Crippen LogP) is 2.88. The van der Waals surface area contributed by atoms with E-state index in [-0.39, 0.29) is 5.91 Å². The van der Waals surface area contributed by atoms with Gasteiger partial charge in [-0.2, -0.15) is 5.10 Å². The highest BCUT2D eigenvalue weighted by molar-refractivity contribution is 5.95. The van der Waals surface area contributed by atoms with Crippen LogP contribution in [0.1, 0.15) is 22.8 Å². The summed E-state index contributed by atoms with van der Waals surface area (Å²) in [6.07, 6.45) is 1.52. The van der Waals surface area contributed by atoms with Crippen LogP contribution in [-0.4, -0.2) is 40.1 Å². The second-order valence-corrected chi connectivity index (χ2v) is 5.11. The summed E-state index contributed by atoms with van der Waals surface area (Å²) in [4.78, 5) is 12.2. The molecule has 0 aliphatic heterocycles. The SMILES string of the molecule is CCOc1ccc(/C=N/NC(=O)c2ccc(OC)c(OC)c2)cc1OC. The number of hydrogen-bond acceptors (Lipinski definition) is 6. The molecule has 0 bridgehead atoms. The number of nitrogens with zero attached hydrogens (tertiary/aromatic N) is 1. The van der Waals surface area contributed by atoms with Gasteiger partial charge in [0.1, 0.15) is 0 Å². The monoisotopic (exact) mass is 358 g/mol. The highest BCUT2D eigenvalue weighted by Crippen LogP contribution is 2.28. The van der Waals surface area contributed by atoms with E-state index in [0.717, 1.165) is 5.56 Å². The Balaban J connectivity index is 2.07. The minimum absolute atomic E-state index is 0.361. The van der Waals surface area contributed by atoms with Crippen LogP contribution in [0.25, 0.3) is 0 Å². The van der Waals surface area contributed by atoms with Gasteiger partial charge in [0, 0.05) is 5.56 Å². The summed E-state index contributed by atoms with van der Waals surface area (Å²) >= 11 is 0. The van der Waals surface area contributed by atoms with Crippen molar-refractivity contribution in [3.8, 4) is 23.0 Å². The van der Waals surface area contributed by atoms with E-state index in [1.807, 2.05) is 13.0 Å². The van der Waals surface area contributed by atoms with E-state index in [0.29, 0.717) is 35.2 Å². The van der Waals surface area contributed by atoms with Gasteiger partial charge >= 0.3 is 0 Å². The first kappa shape index (κ1) is 19.1. The maximum atomic E-state index is 12.2. The summed E-state index contributed by atoms with van der Waals surface area (Å²) in [6, 6.07) is 10.3. The van der Waals surface area contributed by atoms with E-state index >= 15 is 0 Å². The molecule has 0 radical (unpaired) electrons. The lowest BCUT2D eigenvalue weighted by Gasteiger charge is -2.09. The Hall–Kier alpha value is -3.22. The van der Waals surface area contributed by atoms with Gasteiger partial charge in [-0.3, -0.25) is 4.79 Å². The molecule has 0 atom stereocenters. The Morgan fingerprint density at radius 2 is 1.62 bits per heavy atom. The van der Waals surface area contributed by atoms with Crippen LogP contribution in [0.15, 0.2) is 41.5 Å². The zero-order valence-corrected chi connectivity index (χ0v) is 15.2. The third-order valence-electron chi connectivity index (χ3n) is 3.51. The van der Waals surface area contributed by atoms with Gasteiger partial charge in [0.15, 0.2) is 23.0 Å². The normalized spacial score (nSPS) is 10.5. The number of nitrogens with one attached hydrogen (secondary N) is 1. The van der Waals surface area contributed by atoms with Crippen LogP contribution in [0.3, 0.4) is 0 Å². The Bertz CT molecular complexity index is 789. The lowest BCUT2D eigenvalue weighted by atomic mass is 10.2. The van der Waals surface area contributed by atoms with E-state index in [1.165, 1.54) is 20.4 Å². The first-order valence-electron chi connectivity index (χ1n) is 7.99. The van der Waals surface area contributed by atoms with Crippen molar-refractivity contribution in [3.05, 3.63) is 47.5 Å². The summed E-state index contributed by atoms with van der Waals surface area (Å²) in [6.45, 7) is 2.45. The molecule has 0 saturated carbocycles. The number of methoxy groups -OCH3 is 3. The fraction of sp³-hybridized carbons (Fsp3) is 0.263. The maximum absolute atomic E-state index is 12.2. The van der Waals surface area contributed by atoms with Gasteiger partial charge in [-0.05, 0) is 48.9 Å². The lowest BCUT2D eigenvalue weighted by Crippen LogP contribution is -2.17. The first-order chi connectivity index (χ1) is 12.6. The van der Waals surface area contributed by atoms with Crippen molar-refractivity contribution >= 4 is 12.1 Å². The molecule has 2 aromatic rings. The number of hydrogen-bond donors (Lipinski definition) is 1. The molecular weight excluding hydrogens is 336 g/mol. The number of rotatable bonds is 8. The molecule has 0 saturated heterocycles. The van der Waals surface area contributed by atoms with Crippen LogP contribution in [0.2, 0.25) is 0 Å². The predicted molar refractivity (Wildman–Crippen MR) is 98.8 cm³/mol. The van der Waals surface area contributed by atoms with Crippen molar-refractivity contribution in [2.75, 3.05) is 27.9 Å². The number of hydrazone groups is 1. The molecule has 7 heteroatoms. The summed E-state index contributed by atoms with van der Waals surface area (Å²) < 4.78 is 21.1. The summed E-state index contributed by atoms with van der Waals surface area (Å²) in [5.74, 6) is 1.91. The number of benzene rings is 2. The summed E-state index contributed by atoms with van der Waals surface area (Å²) in [7, 11) is 4.61. The molecule has 2 rings (SSSR count). The highest BCUT2D eigenvalue weighted by Gasteiger charge is 2.10. The van der Waals surface area contributed by atoms with E-state index in [4.69, 9.17) is 18.9 Å². The fourth-order valence-corrected chi connectivity index (χ4v) is 2.25. The molecule has 0 heterocycles. The number of carbonyl (C=O) groups is 1. The Labute approximate surface area is 152 Å². The molecule has 138 valence electrons. The standard InChI is InChI=1S/C19H22N2O5/c1-5-26-16-8-6-13(10-17(16)24-3)12-20-21-19(22)14-7-9-15(23-2)18(11-14)25-4/h6-12H,5H2,1-4H3,(H,21,22)/b20-12+. The third-order valence-corrected chi connectivity index (χ3v) is 3.51. The van der Waals surface area contributed by atoms with Crippen molar-refractivity contribution in [3.63, 3.8) is 0 Å².